The van der Waals surface area contributed by atoms with Gasteiger partial charge in [0.05, 0.1) is 25.8 Å². The van der Waals surface area contributed by atoms with Gasteiger partial charge in [-0.05, 0) is 64.6 Å². The highest BCUT2D eigenvalue weighted by molar-refractivity contribution is 5.91. The number of H-pyrrole nitrogens is 1. The summed E-state index contributed by atoms with van der Waals surface area (Å²) in [6.45, 7) is 7.61. The Labute approximate surface area is 345 Å². The van der Waals surface area contributed by atoms with Crippen molar-refractivity contribution >= 4 is 34.7 Å². The number of hydrogen-bond acceptors (Lipinski definition) is 8. The van der Waals surface area contributed by atoms with Gasteiger partial charge in [0.15, 0.2) is 0 Å². The van der Waals surface area contributed by atoms with E-state index in [2.05, 4.69) is 31.6 Å². The smallest absolute Gasteiger partial charge is 0.408 e. The molecule has 5 aromatic rings. The number of alkyl carbamates (subject to hydrolysis) is 1. The number of nitrogens with one attached hydrogen (secondary N) is 6. The zero-order valence-electron chi connectivity index (χ0n) is 34.2. The molecule has 312 valence electrons. The highest BCUT2D eigenvalue weighted by atomic mass is 16.5. The standard InChI is InChI=1S/C46H56N6O7/c1-29(2)39(43(54)48-27-35-25-34-18-12-13-19-37(34)49-35)51-45(56)41(47-26-32-20-22-36(58-5)23-21-32)42(53)38(24-31-14-8-6-9-15-31)50-44(55)40(30(3)4)52-46(57)59-28-33-16-10-7-11-17-33/h6-23,25,29-30,38-42,47,49,53H,24,26-28H2,1-5H3,(H,48,54)(H,50,55)(H,51,56)(H,52,57)/t38-,39-,40-,41+,42+/m0/s1. The van der Waals surface area contributed by atoms with Crippen LogP contribution in [0.1, 0.15) is 50.1 Å². The molecule has 0 radical (unpaired) electrons. The predicted molar refractivity (Wildman–Crippen MR) is 227 cm³/mol. The molecule has 0 bridgehead atoms. The normalized spacial score (nSPS) is 13.8. The molecule has 13 heteroatoms. The average molecular weight is 805 g/mol. The molecule has 0 fully saturated rings. The summed E-state index contributed by atoms with van der Waals surface area (Å²) in [6.07, 6.45) is -2.15. The van der Waals surface area contributed by atoms with Gasteiger partial charge < -0.3 is 40.8 Å². The minimum atomic E-state index is -1.52. The van der Waals surface area contributed by atoms with Crippen molar-refractivity contribution in [2.75, 3.05) is 7.11 Å². The maximum Gasteiger partial charge on any atom is 0.408 e. The summed E-state index contributed by atoms with van der Waals surface area (Å²) in [5, 5.41) is 27.9. The number of para-hydroxylation sites is 1. The zero-order chi connectivity index (χ0) is 42.3. The first kappa shape index (κ1) is 43.9. The van der Waals surface area contributed by atoms with Gasteiger partial charge in [0.1, 0.15) is 30.5 Å². The second-order valence-electron chi connectivity index (χ2n) is 15.3. The van der Waals surface area contributed by atoms with Gasteiger partial charge in [-0.2, -0.15) is 0 Å². The number of amides is 4. The van der Waals surface area contributed by atoms with Crippen LogP contribution < -0.4 is 31.3 Å². The third-order valence-electron chi connectivity index (χ3n) is 10.1. The molecule has 0 aliphatic rings. The van der Waals surface area contributed by atoms with Crippen LogP contribution in [0.4, 0.5) is 4.79 Å². The first-order chi connectivity index (χ1) is 28.4. The Morgan fingerprint density at radius 1 is 0.644 bits per heavy atom. The largest absolute Gasteiger partial charge is 0.497 e. The number of rotatable bonds is 20. The number of aromatic nitrogens is 1. The number of aliphatic hydroxyl groups excluding tert-OH is 1. The van der Waals surface area contributed by atoms with E-state index in [0.717, 1.165) is 33.3 Å². The van der Waals surface area contributed by atoms with Crippen molar-refractivity contribution in [2.45, 2.75) is 84.1 Å². The third kappa shape index (κ3) is 12.9. The summed E-state index contributed by atoms with van der Waals surface area (Å²) < 4.78 is 10.7. The van der Waals surface area contributed by atoms with E-state index in [0.29, 0.717) is 5.75 Å². The second-order valence-corrected chi connectivity index (χ2v) is 15.3. The van der Waals surface area contributed by atoms with Gasteiger partial charge in [0.2, 0.25) is 17.7 Å². The van der Waals surface area contributed by atoms with E-state index in [4.69, 9.17) is 9.47 Å². The van der Waals surface area contributed by atoms with Crippen molar-refractivity contribution in [1.82, 2.24) is 31.6 Å². The van der Waals surface area contributed by atoms with Gasteiger partial charge in [0, 0.05) is 17.8 Å². The van der Waals surface area contributed by atoms with Gasteiger partial charge in [-0.3, -0.25) is 19.7 Å². The molecule has 4 amide bonds. The molecule has 0 spiro atoms. The topological polar surface area (TPSA) is 183 Å². The second kappa shape index (κ2) is 21.5. The molecule has 1 heterocycles. The molecule has 0 aliphatic carbocycles. The molecule has 0 saturated heterocycles. The number of benzene rings is 4. The van der Waals surface area contributed by atoms with Crippen molar-refractivity contribution in [1.29, 1.82) is 0 Å². The molecular formula is C46H56N6O7. The lowest BCUT2D eigenvalue weighted by molar-refractivity contribution is -0.134. The minimum absolute atomic E-state index is 0.0174. The lowest BCUT2D eigenvalue weighted by Crippen LogP contribution is -2.63. The van der Waals surface area contributed by atoms with Crippen LogP contribution in [0.3, 0.4) is 0 Å². The SMILES string of the molecule is COc1ccc(CN[C@@H](C(=O)N[C@H](C(=O)NCc2cc3ccccc3[nH]2)C(C)C)[C@H](O)[C@H](Cc2ccccc2)NC(=O)[C@@H](NC(=O)OCc2ccccc2)C(C)C)cc1. The molecule has 13 nitrogen and oxygen atoms in total. The Morgan fingerprint density at radius 3 is 1.86 bits per heavy atom. The highest BCUT2D eigenvalue weighted by Crippen LogP contribution is 2.17. The van der Waals surface area contributed by atoms with E-state index >= 15 is 0 Å². The summed E-state index contributed by atoms with van der Waals surface area (Å²) in [6, 6.07) is 31.1. The third-order valence-corrected chi connectivity index (χ3v) is 10.1. The molecule has 0 saturated carbocycles. The predicted octanol–water partition coefficient (Wildman–Crippen LogP) is 5.13. The van der Waals surface area contributed by atoms with Gasteiger partial charge in [-0.15, -0.1) is 0 Å². The average Bonchev–Trinajstić information content (AvgIpc) is 3.67. The van der Waals surface area contributed by atoms with Crippen LogP contribution in [-0.2, 0) is 45.2 Å². The number of ether oxygens (including phenoxy) is 2. The number of hydrogen-bond donors (Lipinski definition) is 7. The van der Waals surface area contributed by atoms with E-state index in [-0.39, 0.29) is 38.0 Å². The lowest BCUT2D eigenvalue weighted by Gasteiger charge is -2.33. The number of aliphatic hydroxyl groups is 1. The number of aromatic amines is 1. The maximum absolute atomic E-state index is 14.4. The summed E-state index contributed by atoms with van der Waals surface area (Å²) in [4.78, 5) is 58.4. The fourth-order valence-corrected chi connectivity index (χ4v) is 6.70. The number of methoxy groups -OCH3 is 1. The molecular weight excluding hydrogens is 749 g/mol. The Bertz CT molecular complexity index is 2070. The van der Waals surface area contributed by atoms with Crippen LogP contribution in [0.15, 0.2) is 115 Å². The van der Waals surface area contributed by atoms with Crippen LogP contribution >= 0.6 is 0 Å². The van der Waals surface area contributed by atoms with Crippen molar-refractivity contribution in [3.8, 4) is 5.75 Å². The number of carbonyl (C=O) groups is 4. The molecule has 0 unspecified atom stereocenters. The Balaban J connectivity index is 1.37. The molecule has 1 aromatic heterocycles. The quantitative estimate of drug-likeness (QED) is 0.0565. The fraction of sp³-hybridized carbons (Fsp3) is 0.348. The molecule has 7 N–H and O–H groups in total. The molecule has 59 heavy (non-hydrogen) atoms. The van der Waals surface area contributed by atoms with Gasteiger partial charge in [-0.1, -0.05) is 119 Å². The van der Waals surface area contributed by atoms with Crippen LogP contribution in [0.2, 0.25) is 0 Å². The monoisotopic (exact) mass is 804 g/mol. The molecule has 5 atom stereocenters. The fourth-order valence-electron chi connectivity index (χ4n) is 6.70. The van der Waals surface area contributed by atoms with Crippen molar-refractivity contribution in [3.05, 3.63) is 138 Å². The van der Waals surface area contributed by atoms with E-state index in [1.807, 2.05) is 117 Å². The number of fused-ring (bicyclic) bond motifs is 1. The Morgan fingerprint density at radius 2 is 1.24 bits per heavy atom. The lowest BCUT2D eigenvalue weighted by atomic mass is 9.93. The van der Waals surface area contributed by atoms with E-state index in [1.165, 1.54) is 0 Å². The van der Waals surface area contributed by atoms with Crippen molar-refractivity contribution in [3.63, 3.8) is 0 Å². The summed E-state index contributed by atoms with van der Waals surface area (Å²) in [5.41, 5.74) is 4.13. The van der Waals surface area contributed by atoms with Crippen LogP contribution in [-0.4, -0.2) is 71.3 Å². The summed E-state index contributed by atoms with van der Waals surface area (Å²) in [5.74, 6) is -1.63. The van der Waals surface area contributed by atoms with E-state index in [9.17, 15) is 24.3 Å². The first-order valence-corrected chi connectivity index (χ1v) is 19.9. The first-order valence-electron chi connectivity index (χ1n) is 19.9. The maximum atomic E-state index is 14.4. The molecule has 4 aromatic carbocycles. The van der Waals surface area contributed by atoms with Crippen molar-refractivity contribution < 1.29 is 33.8 Å². The Hall–Kier alpha value is -6.18. The van der Waals surface area contributed by atoms with Crippen LogP contribution in [0, 0.1) is 11.8 Å². The zero-order valence-corrected chi connectivity index (χ0v) is 34.2. The van der Waals surface area contributed by atoms with Gasteiger partial charge >= 0.3 is 6.09 Å². The van der Waals surface area contributed by atoms with Gasteiger partial charge in [0.25, 0.3) is 0 Å². The minimum Gasteiger partial charge on any atom is -0.497 e. The van der Waals surface area contributed by atoms with Crippen molar-refractivity contribution in [2.24, 2.45) is 11.8 Å². The molecule has 5 rings (SSSR count). The van der Waals surface area contributed by atoms with Gasteiger partial charge in [-0.25, -0.2) is 4.79 Å². The van der Waals surface area contributed by atoms with E-state index < -0.39 is 54.1 Å². The van der Waals surface area contributed by atoms with E-state index in [1.54, 1.807) is 33.1 Å². The highest BCUT2D eigenvalue weighted by Gasteiger charge is 2.38. The van der Waals surface area contributed by atoms with Crippen LogP contribution in [0.25, 0.3) is 10.9 Å². The number of carbonyl (C=O) groups excluding carboxylic acids is 4. The summed E-state index contributed by atoms with van der Waals surface area (Å²) in [7, 11) is 1.57. The Kier molecular flexibility index (Phi) is 16.0. The summed E-state index contributed by atoms with van der Waals surface area (Å²) >= 11 is 0. The molecule has 0 aliphatic heterocycles. The van der Waals surface area contributed by atoms with Crippen LogP contribution in [0.5, 0.6) is 5.75 Å².